The number of nitrogens with one attached hydrogen (secondary N) is 1. The summed E-state index contributed by atoms with van der Waals surface area (Å²) in [5.41, 5.74) is 1.26. The summed E-state index contributed by atoms with van der Waals surface area (Å²) < 4.78 is 0. The van der Waals surface area contributed by atoms with Crippen molar-refractivity contribution in [1.82, 2.24) is 20.2 Å². The third-order valence-electron chi connectivity index (χ3n) is 6.23. The van der Waals surface area contributed by atoms with Crippen LogP contribution in [0.3, 0.4) is 0 Å². The van der Waals surface area contributed by atoms with Crippen LogP contribution in [0.25, 0.3) is 0 Å². The molecule has 1 aromatic rings. The maximum Gasteiger partial charge on any atom is 0.255 e. The monoisotopic (exact) mass is 370 g/mol. The smallest absolute Gasteiger partial charge is 0.255 e. The van der Waals surface area contributed by atoms with Gasteiger partial charge in [0.05, 0.1) is 17.3 Å². The van der Waals surface area contributed by atoms with Crippen molar-refractivity contribution >= 4 is 11.8 Å². The van der Waals surface area contributed by atoms with Crippen LogP contribution in [0, 0.1) is 12.8 Å². The first kappa shape index (κ1) is 18.4. The second-order valence-corrected chi connectivity index (χ2v) is 8.40. The molecule has 0 unspecified atom stereocenters. The van der Waals surface area contributed by atoms with E-state index in [9.17, 15) is 9.59 Å². The molecule has 2 amide bonds. The van der Waals surface area contributed by atoms with Crippen LogP contribution in [0.15, 0.2) is 6.20 Å². The molecule has 2 aliphatic carbocycles. The van der Waals surface area contributed by atoms with E-state index in [1.165, 1.54) is 25.7 Å². The van der Waals surface area contributed by atoms with E-state index in [4.69, 9.17) is 0 Å². The van der Waals surface area contributed by atoms with Crippen LogP contribution in [-0.4, -0.2) is 39.3 Å². The summed E-state index contributed by atoms with van der Waals surface area (Å²) in [6.07, 6.45) is 12.3. The summed E-state index contributed by atoms with van der Waals surface area (Å²) >= 11 is 0. The SMILES string of the molecule is Cc1ncc(C(=O)NC2CC2)c([C@@H]2CCCN2C(=O)CCC2CCCC2)n1. The molecule has 6 heteroatoms. The number of carbonyl (C=O) groups excluding carboxylic acids is 2. The molecule has 1 atom stereocenters. The molecule has 146 valence electrons. The Labute approximate surface area is 161 Å². The quantitative estimate of drug-likeness (QED) is 0.833. The van der Waals surface area contributed by atoms with Crippen LogP contribution >= 0.6 is 0 Å². The average Bonchev–Trinajstić information content (AvgIpc) is 3.14. The van der Waals surface area contributed by atoms with Gasteiger partial charge in [-0.2, -0.15) is 0 Å². The molecule has 1 saturated heterocycles. The number of aromatic nitrogens is 2. The van der Waals surface area contributed by atoms with Gasteiger partial charge in [-0.25, -0.2) is 9.97 Å². The summed E-state index contributed by atoms with van der Waals surface area (Å²) in [5.74, 6) is 1.49. The van der Waals surface area contributed by atoms with E-state index in [0.29, 0.717) is 23.9 Å². The van der Waals surface area contributed by atoms with Crippen molar-refractivity contribution in [3.8, 4) is 0 Å². The molecule has 2 heterocycles. The van der Waals surface area contributed by atoms with Gasteiger partial charge in [-0.3, -0.25) is 9.59 Å². The third kappa shape index (κ3) is 4.30. The summed E-state index contributed by atoms with van der Waals surface area (Å²) in [5, 5.41) is 3.04. The molecular weight excluding hydrogens is 340 g/mol. The molecule has 3 fully saturated rings. The topological polar surface area (TPSA) is 75.2 Å². The Balaban J connectivity index is 1.49. The fraction of sp³-hybridized carbons (Fsp3) is 0.714. The molecule has 2 saturated carbocycles. The number of amides is 2. The Morgan fingerprint density at radius 2 is 1.93 bits per heavy atom. The number of rotatable bonds is 6. The Kier molecular flexibility index (Phi) is 5.41. The highest BCUT2D eigenvalue weighted by molar-refractivity contribution is 5.95. The number of hydrogen-bond acceptors (Lipinski definition) is 4. The minimum absolute atomic E-state index is 0.0947. The van der Waals surface area contributed by atoms with Crippen molar-refractivity contribution in [3.05, 3.63) is 23.3 Å². The van der Waals surface area contributed by atoms with Gasteiger partial charge in [0.25, 0.3) is 5.91 Å². The fourth-order valence-corrected chi connectivity index (χ4v) is 4.53. The van der Waals surface area contributed by atoms with Crippen molar-refractivity contribution in [2.45, 2.75) is 83.2 Å². The third-order valence-corrected chi connectivity index (χ3v) is 6.23. The fourth-order valence-electron chi connectivity index (χ4n) is 4.53. The van der Waals surface area contributed by atoms with Crippen molar-refractivity contribution in [1.29, 1.82) is 0 Å². The summed E-state index contributed by atoms with van der Waals surface area (Å²) in [6, 6.07) is 0.196. The molecule has 1 aromatic heterocycles. The maximum atomic E-state index is 12.9. The predicted octanol–water partition coefficient (Wildman–Crippen LogP) is 3.31. The minimum Gasteiger partial charge on any atom is -0.349 e. The van der Waals surface area contributed by atoms with Crippen LogP contribution in [-0.2, 0) is 4.79 Å². The van der Waals surface area contributed by atoms with E-state index >= 15 is 0 Å². The molecule has 0 spiro atoms. The van der Waals surface area contributed by atoms with Gasteiger partial charge in [0.2, 0.25) is 5.91 Å². The second kappa shape index (κ2) is 7.95. The Morgan fingerprint density at radius 1 is 1.15 bits per heavy atom. The number of carbonyl (C=O) groups is 2. The first-order valence-corrected chi connectivity index (χ1v) is 10.6. The van der Waals surface area contributed by atoms with Gasteiger partial charge in [-0.05, 0) is 44.9 Å². The number of aryl methyl sites for hydroxylation is 1. The van der Waals surface area contributed by atoms with Crippen LogP contribution in [0.2, 0.25) is 0 Å². The lowest BCUT2D eigenvalue weighted by Crippen LogP contribution is -2.34. The van der Waals surface area contributed by atoms with Gasteiger partial charge in [0.15, 0.2) is 0 Å². The zero-order valence-electron chi connectivity index (χ0n) is 16.2. The van der Waals surface area contributed by atoms with E-state index in [2.05, 4.69) is 15.3 Å². The zero-order valence-corrected chi connectivity index (χ0v) is 16.2. The minimum atomic E-state index is -0.0993. The van der Waals surface area contributed by atoms with Gasteiger partial charge < -0.3 is 10.2 Å². The van der Waals surface area contributed by atoms with E-state index in [-0.39, 0.29) is 17.9 Å². The molecule has 6 nitrogen and oxygen atoms in total. The molecule has 27 heavy (non-hydrogen) atoms. The molecule has 4 rings (SSSR count). The maximum absolute atomic E-state index is 12.9. The van der Waals surface area contributed by atoms with E-state index in [1.54, 1.807) is 6.20 Å². The molecular formula is C21H30N4O2. The molecule has 3 aliphatic rings. The van der Waals surface area contributed by atoms with Gasteiger partial charge in [0, 0.05) is 25.2 Å². The zero-order chi connectivity index (χ0) is 18.8. The Bertz CT molecular complexity index is 710. The van der Waals surface area contributed by atoms with Crippen LogP contribution in [0.1, 0.15) is 92.1 Å². The first-order valence-electron chi connectivity index (χ1n) is 10.6. The Morgan fingerprint density at radius 3 is 2.67 bits per heavy atom. The van der Waals surface area contributed by atoms with Crippen molar-refractivity contribution < 1.29 is 9.59 Å². The summed E-state index contributed by atoms with van der Waals surface area (Å²) in [6.45, 7) is 2.61. The lowest BCUT2D eigenvalue weighted by Gasteiger charge is -2.26. The highest BCUT2D eigenvalue weighted by Crippen LogP contribution is 2.35. The van der Waals surface area contributed by atoms with Gasteiger partial charge in [-0.1, -0.05) is 25.7 Å². The van der Waals surface area contributed by atoms with E-state index in [0.717, 1.165) is 50.3 Å². The number of nitrogens with zero attached hydrogens (tertiary/aromatic N) is 3. The second-order valence-electron chi connectivity index (χ2n) is 8.40. The Hall–Kier alpha value is -1.98. The van der Waals surface area contributed by atoms with Crippen LogP contribution in [0.4, 0.5) is 0 Å². The standard InChI is InChI=1S/C21H30N4O2/c1-14-22-13-17(21(27)24-16-9-10-16)20(23-14)18-7-4-12-25(18)19(26)11-8-15-5-2-3-6-15/h13,15-16,18H,2-12H2,1H3,(H,24,27)/t18-/m0/s1. The molecule has 0 bridgehead atoms. The average molecular weight is 370 g/mol. The van der Waals surface area contributed by atoms with Gasteiger partial charge in [-0.15, -0.1) is 0 Å². The predicted molar refractivity (Wildman–Crippen MR) is 102 cm³/mol. The summed E-state index contributed by atoms with van der Waals surface area (Å²) in [4.78, 5) is 36.4. The van der Waals surface area contributed by atoms with Gasteiger partial charge in [0.1, 0.15) is 5.82 Å². The van der Waals surface area contributed by atoms with Crippen molar-refractivity contribution in [3.63, 3.8) is 0 Å². The van der Waals surface area contributed by atoms with Crippen molar-refractivity contribution in [2.75, 3.05) is 6.54 Å². The highest BCUT2D eigenvalue weighted by atomic mass is 16.2. The van der Waals surface area contributed by atoms with Crippen LogP contribution in [0.5, 0.6) is 0 Å². The van der Waals surface area contributed by atoms with E-state index in [1.807, 2.05) is 11.8 Å². The summed E-state index contributed by atoms with van der Waals surface area (Å²) in [7, 11) is 0. The first-order chi connectivity index (χ1) is 13.1. The lowest BCUT2D eigenvalue weighted by atomic mass is 10.0. The molecule has 1 aliphatic heterocycles. The van der Waals surface area contributed by atoms with Gasteiger partial charge >= 0.3 is 0 Å². The van der Waals surface area contributed by atoms with Crippen molar-refractivity contribution in [2.24, 2.45) is 5.92 Å². The molecule has 0 aromatic carbocycles. The highest BCUT2D eigenvalue weighted by Gasteiger charge is 2.35. The normalized spacial score (nSPS) is 23.0. The molecule has 0 radical (unpaired) electrons. The van der Waals surface area contributed by atoms with Crippen LogP contribution < -0.4 is 5.32 Å². The van der Waals surface area contributed by atoms with E-state index < -0.39 is 0 Å². The number of likely N-dealkylation sites (tertiary alicyclic amines) is 1. The molecule has 1 N–H and O–H groups in total. The lowest BCUT2D eigenvalue weighted by molar-refractivity contribution is -0.132. The largest absolute Gasteiger partial charge is 0.349 e. The number of hydrogen-bond donors (Lipinski definition) is 1.